The van der Waals surface area contributed by atoms with Gasteiger partial charge in [0.2, 0.25) is 11.8 Å². The van der Waals surface area contributed by atoms with Gasteiger partial charge in [-0.2, -0.15) is 0 Å². The van der Waals surface area contributed by atoms with Crippen LogP contribution in [0.2, 0.25) is 5.02 Å². The third-order valence-electron chi connectivity index (χ3n) is 4.95. The standard InChI is InChI=1S/C23H27ClN2O5/c1-15(27)25-20(16-5-8-18(29-2)9-6-16)13-23(28)26-21-12-17(24)7-10-22(21)31-14-19-4-3-11-30-19/h5-10,12,19-20H,3-4,11,13-14H2,1-2H3,(H,25,27)(H,26,28). The number of carbonyl (C=O) groups is 2. The lowest BCUT2D eigenvalue weighted by molar-refractivity contribution is -0.120. The van der Waals surface area contributed by atoms with E-state index in [1.54, 1.807) is 37.4 Å². The molecule has 0 spiro atoms. The fraction of sp³-hybridized carbons (Fsp3) is 0.391. The maximum absolute atomic E-state index is 12.8. The highest BCUT2D eigenvalue weighted by molar-refractivity contribution is 6.31. The molecule has 1 aliphatic rings. The Morgan fingerprint density at radius 1 is 1.23 bits per heavy atom. The molecule has 1 fully saturated rings. The first-order valence-corrected chi connectivity index (χ1v) is 10.6. The molecule has 3 rings (SSSR count). The van der Waals surface area contributed by atoms with E-state index < -0.39 is 6.04 Å². The molecule has 0 saturated carbocycles. The molecule has 2 aromatic carbocycles. The van der Waals surface area contributed by atoms with Gasteiger partial charge in [-0.15, -0.1) is 0 Å². The molecule has 8 heteroatoms. The molecule has 7 nitrogen and oxygen atoms in total. The lowest BCUT2D eigenvalue weighted by atomic mass is 10.0. The van der Waals surface area contributed by atoms with E-state index in [0.29, 0.717) is 28.8 Å². The molecule has 1 heterocycles. The third kappa shape index (κ3) is 6.87. The molecule has 0 aliphatic carbocycles. The summed E-state index contributed by atoms with van der Waals surface area (Å²) in [6.45, 7) is 2.57. The van der Waals surface area contributed by atoms with Gasteiger partial charge in [-0.05, 0) is 48.7 Å². The lowest BCUT2D eigenvalue weighted by Gasteiger charge is -2.20. The Morgan fingerprint density at radius 2 is 2.00 bits per heavy atom. The molecule has 0 aromatic heterocycles. The van der Waals surface area contributed by atoms with Crippen molar-refractivity contribution in [2.24, 2.45) is 0 Å². The van der Waals surface area contributed by atoms with Gasteiger partial charge in [0.1, 0.15) is 18.1 Å². The Balaban J connectivity index is 1.69. The molecule has 2 amide bonds. The number of halogens is 1. The molecule has 166 valence electrons. The number of hydrogen-bond acceptors (Lipinski definition) is 5. The number of carbonyl (C=O) groups excluding carboxylic acids is 2. The van der Waals surface area contributed by atoms with Gasteiger partial charge >= 0.3 is 0 Å². The normalized spacial score (nSPS) is 16.4. The smallest absolute Gasteiger partial charge is 0.226 e. The monoisotopic (exact) mass is 446 g/mol. The van der Waals surface area contributed by atoms with Crippen molar-refractivity contribution in [3.8, 4) is 11.5 Å². The van der Waals surface area contributed by atoms with Crippen LogP contribution in [0.25, 0.3) is 0 Å². The highest BCUT2D eigenvalue weighted by Gasteiger charge is 2.20. The van der Waals surface area contributed by atoms with E-state index in [2.05, 4.69) is 10.6 Å². The topological polar surface area (TPSA) is 85.9 Å². The van der Waals surface area contributed by atoms with Crippen molar-refractivity contribution in [3.05, 3.63) is 53.1 Å². The highest BCUT2D eigenvalue weighted by Crippen LogP contribution is 2.30. The predicted molar refractivity (Wildman–Crippen MR) is 119 cm³/mol. The molecule has 2 atom stereocenters. The van der Waals surface area contributed by atoms with Crippen molar-refractivity contribution in [2.75, 3.05) is 25.6 Å². The van der Waals surface area contributed by atoms with Crippen molar-refractivity contribution in [3.63, 3.8) is 0 Å². The van der Waals surface area contributed by atoms with Crippen LogP contribution in [0.15, 0.2) is 42.5 Å². The summed E-state index contributed by atoms with van der Waals surface area (Å²) in [7, 11) is 1.58. The van der Waals surface area contributed by atoms with Crippen molar-refractivity contribution >= 4 is 29.1 Å². The van der Waals surface area contributed by atoms with Gasteiger partial charge in [0, 0.05) is 18.6 Å². The second-order valence-corrected chi connectivity index (χ2v) is 7.80. The molecule has 1 saturated heterocycles. The average molecular weight is 447 g/mol. The summed E-state index contributed by atoms with van der Waals surface area (Å²) in [4.78, 5) is 24.5. The summed E-state index contributed by atoms with van der Waals surface area (Å²) < 4.78 is 16.6. The van der Waals surface area contributed by atoms with Gasteiger partial charge in [-0.1, -0.05) is 23.7 Å². The molecule has 0 bridgehead atoms. The number of amides is 2. The van der Waals surface area contributed by atoms with E-state index in [0.717, 1.165) is 25.0 Å². The van der Waals surface area contributed by atoms with Gasteiger partial charge in [0.25, 0.3) is 0 Å². The Morgan fingerprint density at radius 3 is 2.65 bits per heavy atom. The summed E-state index contributed by atoms with van der Waals surface area (Å²) in [5.74, 6) is 0.714. The zero-order valence-electron chi connectivity index (χ0n) is 17.7. The highest BCUT2D eigenvalue weighted by atomic mass is 35.5. The fourth-order valence-electron chi connectivity index (χ4n) is 3.40. The van der Waals surface area contributed by atoms with Crippen molar-refractivity contribution in [2.45, 2.75) is 38.3 Å². The van der Waals surface area contributed by atoms with E-state index in [9.17, 15) is 9.59 Å². The molecule has 1 aliphatic heterocycles. The molecule has 2 N–H and O–H groups in total. The van der Waals surface area contributed by atoms with Gasteiger partial charge in [-0.25, -0.2) is 0 Å². The van der Waals surface area contributed by atoms with Crippen molar-refractivity contribution in [1.29, 1.82) is 0 Å². The van der Waals surface area contributed by atoms with Crippen LogP contribution in [-0.2, 0) is 14.3 Å². The predicted octanol–water partition coefficient (Wildman–Crippen LogP) is 4.11. The van der Waals surface area contributed by atoms with Gasteiger partial charge in [0.05, 0.1) is 31.4 Å². The van der Waals surface area contributed by atoms with Crippen molar-refractivity contribution < 1.29 is 23.8 Å². The van der Waals surface area contributed by atoms with Crippen LogP contribution in [0, 0.1) is 0 Å². The summed E-state index contributed by atoms with van der Waals surface area (Å²) in [6.07, 6.45) is 2.08. The van der Waals surface area contributed by atoms with Gasteiger partial charge in [0.15, 0.2) is 0 Å². The van der Waals surface area contributed by atoms with Crippen LogP contribution in [0.1, 0.15) is 37.8 Å². The van der Waals surface area contributed by atoms with Crippen LogP contribution < -0.4 is 20.1 Å². The fourth-order valence-corrected chi connectivity index (χ4v) is 3.58. The maximum Gasteiger partial charge on any atom is 0.226 e. The first-order chi connectivity index (χ1) is 14.9. The Kier molecular flexibility index (Phi) is 8.14. The summed E-state index contributed by atoms with van der Waals surface area (Å²) in [5.41, 5.74) is 1.28. The number of benzene rings is 2. The largest absolute Gasteiger partial charge is 0.497 e. The Labute approximate surface area is 187 Å². The van der Waals surface area contributed by atoms with Crippen LogP contribution in [-0.4, -0.2) is 38.2 Å². The Hall–Kier alpha value is -2.77. The van der Waals surface area contributed by atoms with Crippen molar-refractivity contribution in [1.82, 2.24) is 5.32 Å². The van der Waals surface area contributed by atoms with E-state index in [4.69, 9.17) is 25.8 Å². The Bertz CT molecular complexity index is 897. The number of hydrogen-bond donors (Lipinski definition) is 2. The van der Waals surface area contributed by atoms with Gasteiger partial charge < -0.3 is 24.8 Å². The minimum atomic E-state index is -0.487. The third-order valence-corrected chi connectivity index (χ3v) is 5.18. The molecular weight excluding hydrogens is 420 g/mol. The van der Waals surface area contributed by atoms with E-state index >= 15 is 0 Å². The second kappa shape index (κ2) is 11.0. The zero-order chi connectivity index (χ0) is 22.2. The second-order valence-electron chi connectivity index (χ2n) is 7.37. The molecule has 2 aromatic rings. The average Bonchev–Trinajstić information content (AvgIpc) is 3.26. The number of methoxy groups -OCH3 is 1. The summed E-state index contributed by atoms with van der Waals surface area (Å²) >= 11 is 6.13. The van der Waals surface area contributed by atoms with Crippen LogP contribution in [0.5, 0.6) is 11.5 Å². The number of nitrogens with one attached hydrogen (secondary N) is 2. The maximum atomic E-state index is 12.8. The number of anilines is 1. The minimum Gasteiger partial charge on any atom is -0.497 e. The minimum absolute atomic E-state index is 0.0452. The molecule has 31 heavy (non-hydrogen) atoms. The zero-order valence-corrected chi connectivity index (χ0v) is 18.4. The summed E-state index contributed by atoms with van der Waals surface area (Å²) in [6, 6.07) is 11.8. The van der Waals surface area contributed by atoms with Crippen LogP contribution >= 0.6 is 11.6 Å². The van der Waals surface area contributed by atoms with Crippen LogP contribution in [0.4, 0.5) is 5.69 Å². The van der Waals surface area contributed by atoms with Crippen LogP contribution in [0.3, 0.4) is 0 Å². The molecule has 2 unspecified atom stereocenters. The SMILES string of the molecule is COc1ccc(C(CC(=O)Nc2cc(Cl)ccc2OCC2CCCO2)NC(C)=O)cc1. The lowest BCUT2D eigenvalue weighted by Crippen LogP contribution is -2.29. The molecular formula is C23H27ClN2O5. The van der Waals surface area contributed by atoms with E-state index in [-0.39, 0.29) is 24.3 Å². The molecule has 0 radical (unpaired) electrons. The van der Waals surface area contributed by atoms with E-state index in [1.165, 1.54) is 6.92 Å². The first kappa shape index (κ1) is 22.9. The van der Waals surface area contributed by atoms with E-state index in [1.807, 2.05) is 12.1 Å². The quantitative estimate of drug-likeness (QED) is 0.605. The number of ether oxygens (including phenoxy) is 3. The first-order valence-electron chi connectivity index (χ1n) is 10.2. The summed E-state index contributed by atoms with van der Waals surface area (Å²) in [5, 5.41) is 6.16. The number of rotatable bonds is 9. The van der Waals surface area contributed by atoms with Gasteiger partial charge in [-0.3, -0.25) is 9.59 Å².